The predicted molar refractivity (Wildman–Crippen MR) is 126 cm³/mol. The SMILES string of the molecule is CCNC(=NCC(=O)NCc1ccc(OC)cc1)NCCOc1ccccc1.I. The van der Waals surface area contributed by atoms with E-state index in [1.807, 2.05) is 61.5 Å². The Morgan fingerprint density at radius 1 is 0.966 bits per heavy atom. The van der Waals surface area contributed by atoms with Gasteiger partial charge in [-0.2, -0.15) is 0 Å². The normalized spacial score (nSPS) is 10.5. The Kier molecular flexibility index (Phi) is 12.3. The molecule has 0 unspecified atom stereocenters. The number of nitrogens with one attached hydrogen (secondary N) is 3. The molecule has 0 aliphatic carbocycles. The van der Waals surface area contributed by atoms with Crippen molar-refractivity contribution in [2.24, 2.45) is 4.99 Å². The van der Waals surface area contributed by atoms with Crippen molar-refractivity contribution in [2.45, 2.75) is 13.5 Å². The van der Waals surface area contributed by atoms with Gasteiger partial charge in [-0.1, -0.05) is 30.3 Å². The van der Waals surface area contributed by atoms with Crippen molar-refractivity contribution >= 4 is 35.8 Å². The van der Waals surface area contributed by atoms with E-state index in [0.717, 1.165) is 17.1 Å². The minimum absolute atomic E-state index is 0. The van der Waals surface area contributed by atoms with Crippen molar-refractivity contribution in [1.82, 2.24) is 16.0 Å². The van der Waals surface area contributed by atoms with Crippen LogP contribution in [0.1, 0.15) is 12.5 Å². The highest BCUT2D eigenvalue weighted by Gasteiger charge is 2.03. The highest BCUT2D eigenvalue weighted by Crippen LogP contribution is 2.10. The number of ether oxygens (including phenoxy) is 2. The van der Waals surface area contributed by atoms with Crippen molar-refractivity contribution in [3.8, 4) is 11.5 Å². The molecule has 2 aromatic rings. The Morgan fingerprint density at radius 3 is 2.34 bits per heavy atom. The number of carbonyl (C=O) groups excluding carboxylic acids is 1. The summed E-state index contributed by atoms with van der Waals surface area (Å²) >= 11 is 0. The van der Waals surface area contributed by atoms with E-state index in [-0.39, 0.29) is 36.4 Å². The number of aliphatic imine (C=N–C) groups is 1. The number of benzene rings is 2. The molecule has 0 bridgehead atoms. The molecule has 0 spiro atoms. The fraction of sp³-hybridized carbons (Fsp3) is 0.333. The van der Waals surface area contributed by atoms with Crippen LogP contribution in [0.4, 0.5) is 0 Å². The number of rotatable bonds is 10. The van der Waals surface area contributed by atoms with Gasteiger partial charge in [-0.3, -0.25) is 4.79 Å². The second-order valence-electron chi connectivity index (χ2n) is 5.91. The summed E-state index contributed by atoms with van der Waals surface area (Å²) in [7, 11) is 1.62. The molecule has 7 nitrogen and oxygen atoms in total. The molecule has 29 heavy (non-hydrogen) atoms. The molecule has 2 rings (SSSR count). The summed E-state index contributed by atoms with van der Waals surface area (Å²) in [6.45, 7) is 4.25. The van der Waals surface area contributed by atoms with Gasteiger partial charge in [-0.05, 0) is 36.8 Å². The lowest BCUT2D eigenvalue weighted by atomic mass is 10.2. The molecule has 0 saturated carbocycles. The summed E-state index contributed by atoms with van der Waals surface area (Å²) in [5.41, 5.74) is 1.00. The maximum atomic E-state index is 12.0. The smallest absolute Gasteiger partial charge is 0.242 e. The Hall–Kier alpha value is -2.49. The third-order valence-corrected chi connectivity index (χ3v) is 3.78. The zero-order chi connectivity index (χ0) is 20.0. The van der Waals surface area contributed by atoms with Gasteiger partial charge in [-0.25, -0.2) is 4.99 Å². The van der Waals surface area contributed by atoms with E-state index in [0.29, 0.717) is 32.2 Å². The average Bonchev–Trinajstić information content (AvgIpc) is 2.74. The maximum Gasteiger partial charge on any atom is 0.242 e. The Morgan fingerprint density at radius 2 is 1.69 bits per heavy atom. The molecule has 0 heterocycles. The predicted octanol–water partition coefficient (Wildman–Crippen LogP) is 2.56. The van der Waals surface area contributed by atoms with Crippen molar-refractivity contribution in [3.05, 3.63) is 60.2 Å². The highest BCUT2D eigenvalue weighted by molar-refractivity contribution is 14.0. The van der Waals surface area contributed by atoms with E-state index >= 15 is 0 Å². The number of methoxy groups -OCH3 is 1. The van der Waals surface area contributed by atoms with Crippen LogP contribution in [0.3, 0.4) is 0 Å². The third kappa shape index (κ3) is 10.0. The minimum Gasteiger partial charge on any atom is -0.497 e. The Labute approximate surface area is 189 Å². The first-order chi connectivity index (χ1) is 13.7. The van der Waals surface area contributed by atoms with Crippen LogP contribution in [0.25, 0.3) is 0 Å². The van der Waals surface area contributed by atoms with Crippen LogP contribution in [-0.2, 0) is 11.3 Å². The topological polar surface area (TPSA) is 84.0 Å². The zero-order valence-electron chi connectivity index (χ0n) is 16.8. The standard InChI is InChI=1S/C21H28N4O3.HI/c1-3-22-21(23-13-14-28-19-7-5-4-6-8-19)25-16-20(26)24-15-17-9-11-18(27-2)12-10-17;/h4-12H,3,13-16H2,1-2H3,(H,24,26)(H2,22,23,25);1H. The maximum absolute atomic E-state index is 12.0. The van der Waals surface area contributed by atoms with Crippen molar-refractivity contribution in [3.63, 3.8) is 0 Å². The molecule has 0 atom stereocenters. The van der Waals surface area contributed by atoms with Crippen LogP contribution in [-0.4, -0.2) is 45.2 Å². The highest BCUT2D eigenvalue weighted by atomic mass is 127. The van der Waals surface area contributed by atoms with E-state index in [4.69, 9.17) is 9.47 Å². The lowest BCUT2D eigenvalue weighted by Crippen LogP contribution is -2.40. The number of carbonyl (C=O) groups is 1. The second kappa shape index (κ2) is 14.5. The molecule has 0 aliphatic heterocycles. The molecular formula is C21H29IN4O3. The summed E-state index contributed by atoms with van der Waals surface area (Å²) in [5, 5.41) is 9.12. The largest absolute Gasteiger partial charge is 0.497 e. The van der Waals surface area contributed by atoms with Gasteiger partial charge in [-0.15, -0.1) is 24.0 Å². The molecule has 8 heteroatoms. The van der Waals surface area contributed by atoms with Crippen LogP contribution in [0.2, 0.25) is 0 Å². The monoisotopic (exact) mass is 512 g/mol. The zero-order valence-corrected chi connectivity index (χ0v) is 19.1. The van der Waals surface area contributed by atoms with Crippen molar-refractivity contribution in [2.75, 3.05) is 33.4 Å². The number of halogens is 1. The number of hydrogen-bond acceptors (Lipinski definition) is 4. The van der Waals surface area contributed by atoms with Gasteiger partial charge in [0, 0.05) is 13.1 Å². The van der Waals surface area contributed by atoms with Gasteiger partial charge in [0.15, 0.2) is 5.96 Å². The van der Waals surface area contributed by atoms with E-state index in [1.54, 1.807) is 7.11 Å². The molecule has 0 radical (unpaired) electrons. The van der Waals surface area contributed by atoms with Crippen molar-refractivity contribution < 1.29 is 14.3 Å². The fourth-order valence-corrected chi connectivity index (χ4v) is 2.35. The molecule has 2 aromatic carbocycles. The fourth-order valence-electron chi connectivity index (χ4n) is 2.35. The van der Waals surface area contributed by atoms with E-state index in [1.165, 1.54) is 0 Å². The van der Waals surface area contributed by atoms with Crippen LogP contribution in [0.15, 0.2) is 59.6 Å². The second-order valence-corrected chi connectivity index (χ2v) is 5.91. The molecule has 0 saturated heterocycles. The van der Waals surface area contributed by atoms with Gasteiger partial charge in [0.25, 0.3) is 0 Å². The lowest BCUT2D eigenvalue weighted by Gasteiger charge is -2.12. The summed E-state index contributed by atoms with van der Waals surface area (Å²) in [6, 6.07) is 17.2. The van der Waals surface area contributed by atoms with E-state index in [9.17, 15) is 4.79 Å². The van der Waals surface area contributed by atoms with Gasteiger partial charge < -0.3 is 25.4 Å². The minimum atomic E-state index is -0.145. The average molecular weight is 512 g/mol. The molecule has 0 aliphatic rings. The Balaban J connectivity index is 0.00000420. The molecule has 3 N–H and O–H groups in total. The first kappa shape index (κ1) is 24.5. The third-order valence-electron chi connectivity index (χ3n) is 3.78. The number of amides is 1. The van der Waals surface area contributed by atoms with E-state index < -0.39 is 0 Å². The number of para-hydroxylation sites is 1. The first-order valence-corrected chi connectivity index (χ1v) is 9.31. The summed E-state index contributed by atoms with van der Waals surface area (Å²) in [6.07, 6.45) is 0. The number of guanidine groups is 1. The number of nitrogens with zero attached hydrogens (tertiary/aromatic N) is 1. The summed E-state index contributed by atoms with van der Waals surface area (Å²) in [4.78, 5) is 16.3. The quantitative estimate of drug-likeness (QED) is 0.197. The molecule has 1 amide bonds. The van der Waals surface area contributed by atoms with E-state index in [2.05, 4.69) is 20.9 Å². The lowest BCUT2D eigenvalue weighted by molar-refractivity contribution is -0.119. The van der Waals surface area contributed by atoms with Gasteiger partial charge in [0.05, 0.1) is 13.7 Å². The van der Waals surface area contributed by atoms with Crippen LogP contribution in [0, 0.1) is 0 Å². The molecule has 0 aromatic heterocycles. The molecular weight excluding hydrogens is 483 g/mol. The van der Waals surface area contributed by atoms with Crippen LogP contribution >= 0.6 is 24.0 Å². The van der Waals surface area contributed by atoms with Gasteiger partial charge in [0.2, 0.25) is 5.91 Å². The molecule has 158 valence electrons. The van der Waals surface area contributed by atoms with Gasteiger partial charge >= 0.3 is 0 Å². The summed E-state index contributed by atoms with van der Waals surface area (Å²) in [5.74, 6) is 2.05. The summed E-state index contributed by atoms with van der Waals surface area (Å²) < 4.78 is 10.8. The molecule has 0 fully saturated rings. The van der Waals surface area contributed by atoms with Crippen LogP contribution < -0.4 is 25.4 Å². The first-order valence-electron chi connectivity index (χ1n) is 9.31. The van der Waals surface area contributed by atoms with Crippen molar-refractivity contribution in [1.29, 1.82) is 0 Å². The van der Waals surface area contributed by atoms with Crippen LogP contribution in [0.5, 0.6) is 11.5 Å². The Bertz CT molecular complexity index is 739. The number of hydrogen-bond donors (Lipinski definition) is 3. The van der Waals surface area contributed by atoms with Gasteiger partial charge in [0.1, 0.15) is 24.7 Å².